The quantitative estimate of drug-likeness (QED) is 0.700. The molecule has 1 aromatic carbocycles. The number of aromatic amines is 1. The average molecular weight is 351 g/mol. The molecular weight excluding hydrogens is 336 g/mol. The second-order valence-corrected chi connectivity index (χ2v) is 5.99. The third kappa shape index (κ3) is 1.86. The Labute approximate surface area is 130 Å². The first-order valence-electron chi connectivity index (χ1n) is 6.48. The Hall–Kier alpha value is -1.40. The van der Waals surface area contributed by atoms with Gasteiger partial charge in [0, 0.05) is 11.0 Å². The predicted octanol–water partition coefficient (Wildman–Crippen LogP) is 4.28. The molecule has 0 aliphatic rings. The molecule has 0 bridgehead atoms. The Balaban J connectivity index is 2.44. The highest BCUT2D eigenvalue weighted by atomic mass is 79.9. The van der Waals surface area contributed by atoms with Gasteiger partial charge in [-0.05, 0) is 50.7 Å². The first-order chi connectivity index (χ1) is 9.54. The van der Waals surface area contributed by atoms with Crippen LogP contribution in [0.25, 0.3) is 16.9 Å². The number of benzene rings is 1. The zero-order valence-corrected chi connectivity index (χ0v) is 14.0. The average Bonchev–Trinajstić information content (AvgIpc) is 2.90. The Morgan fingerprint density at radius 2 is 2.10 bits per heavy atom. The topological polar surface area (TPSA) is 38.5 Å². The van der Waals surface area contributed by atoms with E-state index in [4.69, 9.17) is 12.2 Å². The molecule has 1 N–H and O–H groups in total. The van der Waals surface area contributed by atoms with Crippen LogP contribution in [-0.4, -0.2) is 19.3 Å². The van der Waals surface area contributed by atoms with Gasteiger partial charge in [0.05, 0.1) is 11.4 Å². The van der Waals surface area contributed by atoms with Gasteiger partial charge in [-0.15, -0.1) is 0 Å². The molecular formula is C14H15BrN4S. The summed E-state index contributed by atoms with van der Waals surface area (Å²) in [5.41, 5.74) is 5.24. The van der Waals surface area contributed by atoms with E-state index in [1.54, 1.807) is 0 Å². The smallest absolute Gasteiger partial charge is 0.184 e. The standard InChI is InChI=1S/C14H15BrN4S/c1-4-18-13-12(9(3)17-18)16-14(20)19(13)11-7-5-6-10(15)8(11)2/h5-7H,4H2,1-3H3,(H,16,20). The van der Waals surface area contributed by atoms with E-state index in [0.717, 1.165) is 39.1 Å². The molecule has 0 atom stereocenters. The number of hydrogen-bond acceptors (Lipinski definition) is 2. The molecule has 0 amide bonds. The normalized spacial score (nSPS) is 11.4. The minimum absolute atomic E-state index is 0.698. The van der Waals surface area contributed by atoms with Crippen LogP contribution in [0.15, 0.2) is 22.7 Å². The van der Waals surface area contributed by atoms with Crippen LogP contribution in [0.3, 0.4) is 0 Å². The Bertz CT molecular complexity index is 856. The van der Waals surface area contributed by atoms with E-state index in [9.17, 15) is 0 Å². The number of hydrogen-bond donors (Lipinski definition) is 1. The first kappa shape index (κ1) is 13.6. The summed E-state index contributed by atoms with van der Waals surface area (Å²) in [6.07, 6.45) is 0. The van der Waals surface area contributed by atoms with Crippen LogP contribution in [0.2, 0.25) is 0 Å². The van der Waals surface area contributed by atoms with Crippen LogP contribution in [0.4, 0.5) is 0 Å². The fraction of sp³-hybridized carbons (Fsp3) is 0.286. The van der Waals surface area contributed by atoms with Gasteiger partial charge in [0.15, 0.2) is 10.4 Å². The number of aromatic nitrogens is 4. The molecule has 4 nitrogen and oxygen atoms in total. The van der Waals surface area contributed by atoms with E-state index in [1.165, 1.54) is 0 Å². The van der Waals surface area contributed by atoms with Gasteiger partial charge in [0.1, 0.15) is 5.52 Å². The van der Waals surface area contributed by atoms with Crippen LogP contribution in [-0.2, 0) is 6.54 Å². The number of nitrogens with one attached hydrogen (secondary N) is 1. The summed E-state index contributed by atoms with van der Waals surface area (Å²) in [5.74, 6) is 0. The van der Waals surface area contributed by atoms with Crippen molar-refractivity contribution >= 4 is 39.3 Å². The number of halogens is 1. The van der Waals surface area contributed by atoms with Crippen LogP contribution < -0.4 is 0 Å². The molecule has 0 saturated heterocycles. The summed E-state index contributed by atoms with van der Waals surface area (Å²) in [6, 6.07) is 6.13. The molecule has 0 spiro atoms. The predicted molar refractivity (Wildman–Crippen MR) is 87.1 cm³/mol. The van der Waals surface area contributed by atoms with Gasteiger partial charge in [-0.2, -0.15) is 5.10 Å². The monoisotopic (exact) mass is 350 g/mol. The fourth-order valence-corrected chi connectivity index (χ4v) is 3.13. The Morgan fingerprint density at radius 3 is 2.80 bits per heavy atom. The molecule has 3 aromatic rings. The second kappa shape index (κ2) is 4.86. The van der Waals surface area contributed by atoms with Crippen molar-refractivity contribution in [3.63, 3.8) is 0 Å². The Morgan fingerprint density at radius 1 is 1.35 bits per heavy atom. The number of nitrogens with zero attached hydrogens (tertiary/aromatic N) is 3. The molecule has 0 aliphatic carbocycles. The molecule has 0 fully saturated rings. The van der Waals surface area contributed by atoms with Crippen LogP contribution in [0, 0.1) is 18.6 Å². The first-order valence-corrected chi connectivity index (χ1v) is 7.68. The summed E-state index contributed by atoms with van der Waals surface area (Å²) in [7, 11) is 0. The Kier molecular flexibility index (Phi) is 3.30. The summed E-state index contributed by atoms with van der Waals surface area (Å²) in [5, 5.41) is 4.55. The highest BCUT2D eigenvalue weighted by molar-refractivity contribution is 9.10. The second-order valence-electron chi connectivity index (χ2n) is 4.75. The lowest BCUT2D eigenvalue weighted by Crippen LogP contribution is -2.05. The van der Waals surface area contributed by atoms with E-state index in [0.29, 0.717) is 4.77 Å². The summed E-state index contributed by atoms with van der Waals surface area (Å²) in [4.78, 5) is 3.27. The molecule has 2 heterocycles. The van der Waals surface area contributed by atoms with Gasteiger partial charge in [-0.25, -0.2) is 4.68 Å². The molecule has 104 valence electrons. The lowest BCUT2D eigenvalue weighted by atomic mass is 10.2. The van der Waals surface area contributed by atoms with Crippen molar-refractivity contribution in [1.29, 1.82) is 0 Å². The van der Waals surface area contributed by atoms with Crippen molar-refractivity contribution in [2.24, 2.45) is 0 Å². The number of aryl methyl sites for hydroxylation is 2. The summed E-state index contributed by atoms with van der Waals surface area (Å²) in [6.45, 7) is 6.97. The highest BCUT2D eigenvalue weighted by Crippen LogP contribution is 2.27. The van der Waals surface area contributed by atoms with Gasteiger partial charge in [0.25, 0.3) is 0 Å². The maximum absolute atomic E-state index is 5.51. The third-order valence-corrected chi connectivity index (χ3v) is 4.67. The van der Waals surface area contributed by atoms with Crippen molar-refractivity contribution in [2.75, 3.05) is 0 Å². The van der Waals surface area contributed by atoms with Gasteiger partial charge >= 0.3 is 0 Å². The largest absolute Gasteiger partial charge is 0.327 e. The maximum Gasteiger partial charge on any atom is 0.184 e. The fourth-order valence-electron chi connectivity index (χ4n) is 2.48. The molecule has 0 radical (unpaired) electrons. The SMILES string of the molecule is CCn1nc(C)c2[nH]c(=S)n(-c3cccc(Br)c3C)c21. The van der Waals surface area contributed by atoms with E-state index in [-0.39, 0.29) is 0 Å². The van der Waals surface area contributed by atoms with E-state index >= 15 is 0 Å². The van der Waals surface area contributed by atoms with Crippen LogP contribution >= 0.6 is 28.1 Å². The van der Waals surface area contributed by atoms with E-state index in [1.807, 2.05) is 23.7 Å². The lowest BCUT2D eigenvalue weighted by molar-refractivity contribution is 0.661. The minimum Gasteiger partial charge on any atom is -0.327 e. The lowest BCUT2D eigenvalue weighted by Gasteiger charge is -2.10. The molecule has 20 heavy (non-hydrogen) atoms. The van der Waals surface area contributed by atoms with E-state index < -0.39 is 0 Å². The van der Waals surface area contributed by atoms with Gasteiger partial charge in [-0.1, -0.05) is 22.0 Å². The van der Waals surface area contributed by atoms with Crippen molar-refractivity contribution in [2.45, 2.75) is 27.3 Å². The zero-order valence-electron chi connectivity index (χ0n) is 11.6. The number of imidazole rings is 1. The zero-order chi connectivity index (χ0) is 14.4. The molecule has 6 heteroatoms. The van der Waals surface area contributed by atoms with Gasteiger partial charge in [0.2, 0.25) is 0 Å². The maximum atomic E-state index is 5.51. The molecule has 0 unspecified atom stereocenters. The van der Waals surface area contributed by atoms with Crippen molar-refractivity contribution in [3.05, 3.63) is 38.7 Å². The number of H-pyrrole nitrogens is 1. The molecule has 0 aliphatic heterocycles. The number of rotatable bonds is 2. The number of fused-ring (bicyclic) bond motifs is 1. The summed E-state index contributed by atoms with van der Waals surface area (Å²) >= 11 is 9.09. The van der Waals surface area contributed by atoms with Gasteiger partial charge < -0.3 is 4.98 Å². The van der Waals surface area contributed by atoms with Crippen molar-refractivity contribution in [3.8, 4) is 5.69 Å². The summed E-state index contributed by atoms with van der Waals surface area (Å²) < 4.78 is 5.82. The third-order valence-electron chi connectivity index (χ3n) is 3.53. The van der Waals surface area contributed by atoms with Crippen LogP contribution in [0.1, 0.15) is 18.2 Å². The van der Waals surface area contributed by atoms with Crippen LogP contribution in [0.5, 0.6) is 0 Å². The molecule has 3 rings (SSSR count). The van der Waals surface area contributed by atoms with Gasteiger partial charge in [-0.3, -0.25) is 4.57 Å². The van der Waals surface area contributed by atoms with E-state index in [2.05, 4.69) is 50.5 Å². The van der Waals surface area contributed by atoms with Crippen molar-refractivity contribution < 1.29 is 0 Å². The highest BCUT2D eigenvalue weighted by Gasteiger charge is 2.16. The van der Waals surface area contributed by atoms with Crippen molar-refractivity contribution in [1.82, 2.24) is 19.3 Å². The molecule has 0 saturated carbocycles. The molecule has 2 aromatic heterocycles. The minimum atomic E-state index is 0.698.